The largest absolute Gasteiger partial charge is 0.496 e. The van der Waals surface area contributed by atoms with Gasteiger partial charge in [0.15, 0.2) is 0 Å². The molecule has 0 saturated carbocycles. The number of methoxy groups -OCH3 is 2. The van der Waals surface area contributed by atoms with Gasteiger partial charge in [-0.05, 0) is 85.4 Å². The lowest BCUT2D eigenvalue weighted by atomic mass is 9.79. The highest BCUT2D eigenvalue weighted by Crippen LogP contribution is 2.35. The molecule has 4 N–H and O–H groups in total. The molecule has 3 unspecified atom stereocenters. The molecule has 5 aromatic carbocycles. The number of hydrogen-bond donors (Lipinski definition) is 4. The highest BCUT2D eigenvalue weighted by molar-refractivity contribution is 6.31. The van der Waals surface area contributed by atoms with Gasteiger partial charge in [0.05, 0.1) is 14.2 Å². The lowest BCUT2D eigenvalue weighted by Gasteiger charge is -2.40. The number of ether oxygens (including phenoxy) is 2. The minimum atomic E-state index is 0. The molecule has 2 aliphatic heterocycles. The second-order valence-electron chi connectivity index (χ2n) is 13.4. The van der Waals surface area contributed by atoms with E-state index in [2.05, 4.69) is 100 Å². The fourth-order valence-electron chi connectivity index (χ4n) is 7.61. The van der Waals surface area contributed by atoms with Crippen LogP contribution in [0.1, 0.15) is 65.1 Å². The number of rotatable bonds is 11. The van der Waals surface area contributed by atoms with E-state index >= 15 is 0 Å². The number of halogens is 4. The first-order valence-corrected chi connectivity index (χ1v) is 19.0. The van der Waals surface area contributed by atoms with Crippen LogP contribution in [0.5, 0.6) is 11.5 Å². The third kappa shape index (κ3) is 11.6. The summed E-state index contributed by atoms with van der Waals surface area (Å²) in [6.07, 6.45) is 3.39. The molecule has 0 spiro atoms. The second kappa shape index (κ2) is 22.3. The molecule has 2 heterocycles. The van der Waals surface area contributed by atoms with Crippen molar-refractivity contribution in [3.63, 3.8) is 0 Å². The maximum absolute atomic E-state index is 6.16. The molecule has 5 aromatic rings. The Kier molecular flexibility index (Phi) is 17.9. The molecule has 6 nitrogen and oxygen atoms in total. The van der Waals surface area contributed by atoms with Gasteiger partial charge >= 0.3 is 0 Å². The Bertz CT molecular complexity index is 1790. The van der Waals surface area contributed by atoms with E-state index in [0.29, 0.717) is 24.5 Å². The van der Waals surface area contributed by atoms with E-state index in [1.165, 1.54) is 22.3 Å². The summed E-state index contributed by atoms with van der Waals surface area (Å²) < 4.78 is 11.0. The van der Waals surface area contributed by atoms with Crippen LogP contribution in [0.15, 0.2) is 127 Å². The summed E-state index contributed by atoms with van der Waals surface area (Å²) in [5.74, 6) is 2.25. The van der Waals surface area contributed by atoms with Crippen molar-refractivity contribution < 1.29 is 9.47 Å². The van der Waals surface area contributed by atoms with Crippen molar-refractivity contribution in [1.29, 1.82) is 0 Å². The van der Waals surface area contributed by atoms with Crippen LogP contribution in [0.25, 0.3) is 0 Å². The summed E-state index contributed by atoms with van der Waals surface area (Å²) in [5, 5.41) is 16.4. The topological polar surface area (TPSA) is 66.6 Å². The third-order valence-corrected chi connectivity index (χ3v) is 10.7. The van der Waals surface area contributed by atoms with Gasteiger partial charge in [-0.1, -0.05) is 114 Å². The SMILES string of the molecule is COc1ccc(Cl)cc1CN[C@@H]1CCCN[C@@H]1c1cccc(Cl)c1.COc1ccccc1CNC1C(c2ccccc2)CCNC1c1ccccc1.Cl.Cl. The Labute approximate surface area is 343 Å². The van der Waals surface area contributed by atoms with E-state index in [-0.39, 0.29) is 36.9 Å². The van der Waals surface area contributed by atoms with Gasteiger partial charge in [0, 0.05) is 64.3 Å². The predicted molar refractivity (Wildman–Crippen MR) is 229 cm³/mol. The molecule has 0 bridgehead atoms. The molecule has 288 valence electrons. The van der Waals surface area contributed by atoms with Gasteiger partial charge in [-0.3, -0.25) is 0 Å². The number of benzene rings is 5. The van der Waals surface area contributed by atoms with E-state index in [0.717, 1.165) is 66.0 Å². The highest BCUT2D eigenvalue weighted by atomic mass is 35.5. The van der Waals surface area contributed by atoms with Gasteiger partial charge in [-0.2, -0.15) is 0 Å². The summed E-state index contributed by atoms with van der Waals surface area (Å²) in [5.41, 5.74) is 6.22. The van der Waals surface area contributed by atoms with Crippen molar-refractivity contribution in [2.75, 3.05) is 27.3 Å². The third-order valence-electron chi connectivity index (χ3n) is 10.2. The number of nitrogens with one attached hydrogen (secondary N) is 4. The zero-order valence-corrected chi connectivity index (χ0v) is 34.0. The Morgan fingerprint density at radius 3 is 1.91 bits per heavy atom. The van der Waals surface area contributed by atoms with E-state index in [1.54, 1.807) is 14.2 Å². The maximum Gasteiger partial charge on any atom is 0.123 e. The Morgan fingerprint density at radius 2 is 1.19 bits per heavy atom. The zero-order chi connectivity index (χ0) is 36.1. The minimum Gasteiger partial charge on any atom is -0.496 e. The lowest BCUT2D eigenvalue weighted by Crippen LogP contribution is -2.50. The van der Waals surface area contributed by atoms with Gasteiger partial charge < -0.3 is 30.7 Å². The summed E-state index contributed by atoms with van der Waals surface area (Å²) in [6.45, 7) is 3.54. The first-order valence-electron chi connectivity index (χ1n) is 18.3. The molecule has 5 atom stereocenters. The fraction of sp³-hybridized carbons (Fsp3) is 0.318. The van der Waals surface area contributed by atoms with E-state index in [1.807, 2.05) is 48.5 Å². The van der Waals surface area contributed by atoms with Crippen molar-refractivity contribution in [2.45, 2.75) is 62.4 Å². The normalized spacial score (nSPS) is 20.6. The van der Waals surface area contributed by atoms with Gasteiger partial charge in [0.25, 0.3) is 0 Å². The maximum atomic E-state index is 6.16. The van der Waals surface area contributed by atoms with Crippen molar-refractivity contribution in [1.82, 2.24) is 21.3 Å². The van der Waals surface area contributed by atoms with Crippen LogP contribution >= 0.6 is 48.0 Å². The van der Waals surface area contributed by atoms with Crippen LogP contribution < -0.4 is 30.7 Å². The summed E-state index contributed by atoms with van der Waals surface area (Å²) >= 11 is 12.3. The standard InChI is InChI=1S/C25H28N2O.C19H22Cl2N2O.2ClH/c1-28-23-15-9-8-14-21(23)18-27-25-22(19-10-4-2-5-11-19)16-17-26-24(25)20-12-6-3-7-13-20;1-24-18-8-7-16(21)11-14(18)12-23-17-6-3-9-22-19(17)13-4-2-5-15(20)10-13;;/h2-15,22,24-27H,16-18H2,1H3;2,4-5,7-8,10-11,17,19,22-23H,3,6,9,12H2,1H3;2*1H/t;17-,19-;;/m.1../s1. The molecule has 54 heavy (non-hydrogen) atoms. The molecule has 2 aliphatic rings. The smallest absolute Gasteiger partial charge is 0.123 e. The minimum absolute atomic E-state index is 0. The Morgan fingerprint density at radius 1 is 0.574 bits per heavy atom. The molecular formula is C44H52Cl4N4O2. The van der Waals surface area contributed by atoms with Crippen LogP contribution in [0.3, 0.4) is 0 Å². The zero-order valence-electron chi connectivity index (χ0n) is 30.8. The molecule has 0 radical (unpaired) electrons. The van der Waals surface area contributed by atoms with Crippen molar-refractivity contribution in [3.05, 3.63) is 165 Å². The molecule has 0 aromatic heterocycles. The molecular weight excluding hydrogens is 758 g/mol. The monoisotopic (exact) mass is 808 g/mol. The number of hydrogen-bond acceptors (Lipinski definition) is 6. The van der Waals surface area contributed by atoms with Crippen LogP contribution in [-0.4, -0.2) is 39.4 Å². The van der Waals surface area contributed by atoms with Gasteiger partial charge in [-0.15, -0.1) is 24.8 Å². The van der Waals surface area contributed by atoms with E-state index in [9.17, 15) is 0 Å². The van der Waals surface area contributed by atoms with Crippen LogP contribution in [0.2, 0.25) is 10.0 Å². The summed E-state index contributed by atoms with van der Waals surface area (Å²) in [7, 11) is 3.42. The fourth-order valence-corrected chi connectivity index (χ4v) is 8.01. The molecule has 2 fully saturated rings. The van der Waals surface area contributed by atoms with Gasteiger partial charge in [0.1, 0.15) is 11.5 Å². The van der Waals surface area contributed by atoms with Gasteiger partial charge in [-0.25, -0.2) is 0 Å². The van der Waals surface area contributed by atoms with Crippen LogP contribution in [0, 0.1) is 0 Å². The molecule has 0 aliphatic carbocycles. The predicted octanol–water partition coefficient (Wildman–Crippen LogP) is 10.1. The first-order chi connectivity index (χ1) is 25.5. The molecule has 7 rings (SSSR count). The van der Waals surface area contributed by atoms with Gasteiger partial charge in [0.2, 0.25) is 0 Å². The quantitative estimate of drug-likeness (QED) is 0.107. The molecule has 10 heteroatoms. The van der Waals surface area contributed by atoms with E-state index < -0.39 is 0 Å². The number of piperidine rings is 2. The summed E-state index contributed by atoms with van der Waals surface area (Å²) in [4.78, 5) is 0. The highest BCUT2D eigenvalue weighted by Gasteiger charge is 2.34. The average Bonchev–Trinajstić information content (AvgIpc) is 3.20. The van der Waals surface area contributed by atoms with Crippen LogP contribution in [0.4, 0.5) is 0 Å². The lowest BCUT2D eigenvalue weighted by molar-refractivity contribution is 0.267. The first kappa shape index (κ1) is 43.4. The average molecular weight is 811 g/mol. The molecule has 0 amide bonds. The Hall–Kier alpha value is -3.30. The Balaban J connectivity index is 0.000000235. The summed E-state index contributed by atoms with van der Waals surface area (Å²) in [6, 6.07) is 44.9. The second-order valence-corrected chi connectivity index (χ2v) is 14.3. The van der Waals surface area contributed by atoms with E-state index in [4.69, 9.17) is 32.7 Å². The van der Waals surface area contributed by atoms with Crippen molar-refractivity contribution in [2.24, 2.45) is 0 Å². The molecule has 2 saturated heterocycles. The van der Waals surface area contributed by atoms with Crippen LogP contribution in [-0.2, 0) is 13.1 Å². The number of para-hydroxylation sites is 1. The van der Waals surface area contributed by atoms with Crippen molar-refractivity contribution >= 4 is 48.0 Å². The van der Waals surface area contributed by atoms with Crippen molar-refractivity contribution in [3.8, 4) is 11.5 Å².